The maximum absolute atomic E-state index is 2.18. The van der Waals surface area contributed by atoms with Crippen LogP contribution in [0.4, 0.5) is 0 Å². The van der Waals surface area contributed by atoms with Crippen molar-refractivity contribution >= 4 is 10.9 Å². The Morgan fingerprint density at radius 3 is 2.28 bits per heavy atom. The number of para-hydroxylation sites is 1. The summed E-state index contributed by atoms with van der Waals surface area (Å²) in [5, 5.41) is 1.29. The Labute approximate surface area is 107 Å². The monoisotopic (exact) mass is 236 g/mol. The molecule has 2 heterocycles. The van der Waals surface area contributed by atoms with Crippen LogP contribution in [0.5, 0.6) is 0 Å². The van der Waals surface area contributed by atoms with E-state index >= 15 is 0 Å². The van der Waals surface area contributed by atoms with Crippen molar-refractivity contribution in [2.75, 3.05) is 0 Å². The molecule has 2 nitrogen and oxygen atoms in total. The average molecular weight is 236 g/mol. The van der Waals surface area contributed by atoms with E-state index in [0.717, 1.165) is 0 Å². The molecule has 0 aliphatic carbocycles. The van der Waals surface area contributed by atoms with Gasteiger partial charge < -0.3 is 0 Å². The lowest BCUT2D eigenvalue weighted by Crippen LogP contribution is -2.28. The van der Waals surface area contributed by atoms with Gasteiger partial charge in [0.05, 0.1) is 5.39 Å². The van der Waals surface area contributed by atoms with Gasteiger partial charge in [0.2, 0.25) is 5.52 Å². The highest BCUT2D eigenvalue weighted by Crippen LogP contribution is 2.25. The largest absolute Gasteiger partial charge is 0.212 e. The lowest BCUT2D eigenvalue weighted by Gasteiger charge is -2.04. The molecule has 88 valence electrons. The Morgan fingerprint density at radius 1 is 0.778 bits per heavy atom. The van der Waals surface area contributed by atoms with Gasteiger partial charge in [-0.2, -0.15) is 0 Å². The van der Waals surface area contributed by atoms with Crippen LogP contribution in [0.25, 0.3) is 22.0 Å². The summed E-state index contributed by atoms with van der Waals surface area (Å²) in [7, 11) is 4.12. The second-order valence-corrected chi connectivity index (χ2v) is 4.61. The maximum atomic E-state index is 2.18. The van der Waals surface area contributed by atoms with Crippen LogP contribution in [0.2, 0.25) is 0 Å². The van der Waals surface area contributed by atoms with Crippen molar-refractivity contribution in [1.29, 1.82) is 0 Å². The van der Waals surface area contributed by atoms with Crippen molar-refractivity contribution in [3.63, 3.8) is 0 Å². The summed E-state index contributed by atoms with van der Waals surface area (Å²) in [6, 6.07) is 15.0. The van der Waals surface area contributed by atoms with E-state index in [4.69, 9.17) is 0 Å². The first-order valence-corrected chi connectivity index (χ1v) is 6.09. The zero-order valence-electron chi connectivity index (χ0n) is 10.7. The zero-order valence-corrected chi connectivity index (χ0v) is 10.7. The van der Waals surface area contributed by atoms with Crippen molar-refractivity contribution in [2.45, 2.75) is 0 Å². The second kappa shape index (κ2) is 4.22. The molecule has 0 bridgehead atoms. The molecule has 0 radical (unpaired) electrons. The van der Waals surface area contributed by atoms with E-state index < -0.39 is 0 Å². The van der Waals surface area contributed by atoms with Crippen LogP contribution in [0.1, 0.15) is 0 Å². The van der Waals surface area contributed by atoms with Crippen LogP contribution < -0.4 is 9.13 Å². The number of aryl methyl sites for hydroxylation is 2. The molecule has 0 aliphatic heterocycles. The van der Waals surface area contributed by atoms with E-state index in [9.17, 15) is 0 Å². The molecule has 2 aromatic heterocycles. The molecule has 2 heteroatoms. The Kier molecular flexibility index (Phi) is 2.56. The van der Waals surface area contributed by atoms with E-state index in [-0.39, 0.29) is 0 Å². The molecule has 3 rings (SSSR count). The molecule has 18 heavy (non-hydrogen) atoms. The maximum Gasteiger partial charge on any atom is 0.212 e. The predicted octanol–water partition coefficient (Wildman–Crippen LogP) is 2.16. The highest BCUT2D eigenvalue weighted by Gasteiger charge is 2.10. The number of aromatic nitrogens is 2. The molecule has 0 N–H and O–H groups in total. The van der Waals surface area contributed by atoms with E-state index in [0.29, 0.717) is 0 Å². The van der Waals surface area contributed by atoms with Gasteiger partial charge >= 0.3 is 0 Å². The quantitative estimate of drug-likeness (QED) is 0.572. The van der Waals surface area contributed by atoms with Gasteiger partial charge in [-0.25, -0.2) is 9.13 Å². The van der Waals surface area contributed by atoms with Crippen LogP contribution >= 0.6 is 0 Å². The van der Waals surface area contributed by atoms with Crippen LogP contribution in [0, 0.1) is 0 Å². The predicted molar refractivity (Wildman–Crippen MR) is 71.7 cm³/mol. The number of benzene rings is 1. The van der Waals surface area contributed by atoms with Crippen molar-refractivity contribution < 1.29 is 9.13 Å². The fraction of sp³-hybridized carbons (Fsp3) is 0.125. The summed E-state index contributed by atoms with van der Waals surface area (Å²) < 4.78 is 4.20. The Morgan fingerprint density at radius 2 is 1.50 bits per heavy atom. The molecular formula is C16H16N2+2. The molecule has 0 fully saturated rings. The second-order valence-electron chi connectivity index (χ2n) is 4.61. The number of hydrogen-bond acceptors (Lipinski definition) is 0. The van der Waals surface area contributed by atoms with Crippen LogP contribution in [-0.4, -0.2) is 0 Å². The van der Waals surface area contributed by atoms with Crippen molar-refractivity contribution in [3.05, 3.63) is 61.1 Å². The van der Waals surface area contributed by atoms with E-state index in [2.05, 4.69) is 77.2 Å². The molecular weight excluding hydrogens is 220 g/mol. The first-order valence-electron chi connectivity index (χ1n) is 6.09. The fourth-order valence-electron chi connectivity index (χ4n) is 2.30. The van der Waals surface area contributed by atoms with Gasteiger partial charge in [-0.1, -0.05) is 12.1 Å². The zero-order chi connectivity index (χ0) is 12.5. The molecule has 0 saturated heterocycles. The third-order valence-electron chi connectivity index (χ3n) is 3.33. The number of pyridine rings is 2. The van der Waals surface area contributed by atoms with E-state index in [1.54, 1.807) is 0 Å². The lowest BCUT2D eigenvalue weighted by molar-refractivity contribution is -0.671. The third kappa shape index (κ3) is 1.76. The van der Waals surface area contributed by atoms with E-state index in [1.807, 2.05) is 7.05 Å². The van der Waals surface area contributed by atoms with Gasteiger partial charge in [0.1, 0.15) is 14.1 Å². The minimum absolute atomic E-state index is 1.25. The molecule has 0 amide bonds. The van der Waals surface area contributed by atoms with Gasteiger partial charge in [0, 0.05) is 29.8 Å². The molecule has 0 saturated carbocycles. The van der Waals surface area contributed by atoms with Crippen LogP contribution in [0.15, 0.2) is 61.1 Å². The Balaban J connectivity index is 2.30. The number of rotatable bonds is 1. The summed E-state index contributed by atoms with van der Waals surface area (Å²) in [6.07, 6.45) is 6.28. The third-order valence-corrected chi connectivity index (χ3v) is 3.33. The Hall–Kier alpha value is -2.22. The number of fused-ring (bicyclic) bond motifs is 1. The Bertz CT molecular complexity index is 700. The highest BCUT2D eigenvalue weighted by molar-refractivity contribution is 5.92. The summed E-state index contributed by atoms with van der Waals surface area (Å²) in [5.74, 6) is 0. The van der Waals surface area contributed by atoms with Gasteiger partial charge in [-0.3, -0.25) is 0 Å². The topological polar surface area (TPSA) is 7.76 Å². The highest BCUT2D eigenvalue weighted by atomic mass is 14.9. The SMILES string of the molecule is C[n+]1ccc(-c2cc[n+](C)c3ccccc23)cc1. The van der Waals surface area contributed by atoms with Gasteiger partial charge in [-0.15, -0.1) is 0 Å². The average Bonchev–Trinajstić information content (AvgIpc) is 2.41. The molecule has 0 spiro atoms. The lowest BCUT2D eigenvalue weighted by atomic mass is 10.0. The van der Waals surface area contributed by atoms with Crippen LogP contribution in [-0.2, 0) is 14.1 Å². The molecule has 0 unspecified atom stereocenters. The standard InChI is InChI=1S/C16H16N2/c1-17-10-7-13(8-11-17)14-9-12-18(2)16-6-4-3-5-15(14)16/h3-12H,1-2H3/q+2. The summed E-state index contributed by atoms with van der Waals surface area (Å²) in [6.45, 7) is 0. The molecule has 1 aromatic carbocycles. The van der Waals surface area contributed by atoms with Crippen molar-refractivity contribution in [3.8, 4) is 11.1 Å². The molecule has 0 atom stereocenters. The smallest absolute Gasteiger partial charge is 0.208 e. The molecule has 3 aromatic rings. The number of nitrogens with zero attached hydrogens (tertiary/aromatic N) is 2. The van der Waals surface area contributed by atoms with Gasteiger partial charge in [0.25, 0.3) is 0 Å². The van der Waals surface area contributed by atoms with Crippen LogP contribution in [0.3, 0.4) is 0 Å². The molecule has 0 aliphatic rings. The van der Waals surface area contributed by atoms with Gasteiger partial charge in [-0.05, 0) is 11.6 Å². The normalized spacial score (nSPS) is 10.8. The fourth-order valence-corrected chi connectivity index (χ4v) is 2.30. The summed E-state index contributed by atoms with van der Waals surface area (Å²) in [5.41, 5.74) is 3.79. The first-order chi connectivity index (χ1) is 8.75. The number of hydrogen-bond donors (Lipinski definition) is 0. The minimum Gasteiger partial charge on any atom is -0.208 e. The van der Waals surface area contributed by atoms with Gasteiger partial charge in [0.15, 0.2) is 18.6 Å². The first kappa shape index (κ1) is 10.9. The summed E-state index contributed by atoms with van der Waals surface area (Å²) >= 11 is 0. The van der Waals surface area contributed by atoms with Crippen molar-refractivity contribution in [2.24, 2.45) is 14.1 Å². The summed E-state index contributed by atoms with van der Waals surface area (Å²) in [4.78, 5) is 0. The minimum atomic E-state index is 1.25. The van der Waals surface area contributed by atoms with Crippen molar-refractivity contribution in [1.82, 2.24) is 0 Å². The van der Waals surface area contributed by atoms with E-state index in [1.165, 1.54) is 22.0 Å².